The molecule has 30 heavy (non-hydrogen) atoms. The molecule has 0 radical (unpaired) electrons. The number of carbonyl (C=O) groups excluding carboxylic acids is 4. The monoisotopic (exact) mass is 408 g/mol. The topological polar surface area (TPSA) is 81.2 Å². The van der Waals surface area contributed by atoms with E-state index in [-0.39, 0.29) is 36.5 Å². The van der Waals surface area contributed by atoms with Gasteiger partial charge in [0.05, 0.1) is 22.7 Å². The third kappa shape index (κ3) is 3.89. The Morgan fingerprint density at radius 3 is 0.867 bits per heavy atom. The van der Waals surface area contributed by atoms with Crippen molar-refractivity contribution in [3.05, 3.63) is 48.5 Å². The molecule has 0 atom stereocenters. The summed E-state index contributed by atoms with van der Waals surface area (Å²) in [5.41, 5.74) is 3.10. The van der Waals surface area contributed by atoms with Crippen molar-refractivity contribution in [2.45, 2.75) is 12.8 Å². The van der Waals surface area contributed by atoms with E-state index < -0.39 is 0 Å². The molecule has 0 fully saturated rings. The predicted octanol–water partition coefficient (Wildman–Crippen LogP) is 2.03. The molecule has 0 spiro atoms. The van der Waals surface area contributed by atoms with E-state index >= 15 is 0 Å². The van der Waals surface area contributed by atoms with E-state index in [9.17, 15) is 19.2 Å². The van der Waals surface area contributed by atoms with Gasteiger partial charge in [0, 0.05) is 28.2 Å². The smallest absolute Gasteiger partial charge is 0.236 e. The first kappa shape index (κ1) is 21.0. The van der Waals surface area contributed by atoms with Crippen LogP contribution >= 0.6 is 0 Å². The Labute approximate surface area is 175 Å². The van der Waals surface area contributed by atoms with Crippen LogP contribution in [0, 0.1) is 0 Å². The van der Waals surface area contributed by atoms with E-state index in [1.54, 1.807) is 28.2 Å². The van der Waals surface area contributed by atoms with E-state index in [4.69, 9.17) is 0 Å². The van der Waals surface area contributed by atoms with Gasteiger partial charge in [0.1, 0.15) is 12.8 Å². The summed E-state index contributed by atoms with van der Waals surface area (Å²) in [4.78, 5) is 52.5. The maximum absolute atomic E-state index is 11.6. The summed E-state index contributed by atoms with van der Waals surface area (Å²) in [5.74, 6) is -0.679. The summed E-state index contributed by atoms with van der Waals surface area (Å²) in [7, 11) is 6.75. The number of hydrogen-bond donors (Lipinski definition) is 0. The van der Waals surface area contributed by atoms with Gasteiger partial charge in [-0.25, -0.2) is 0 Å². The van der Waals surface area contributed by atoms with Crippen LogP contribution in [-0.4, -0.2) is 51.8 Å². The number of rotatable bonds is 0. The number of fused-ring (bicyclic) bond motifs is 2. The first-order chi connectivity index (χ1) is 14.2. The zero-order valence-corrected chi connectivity index (χ0v) is 17.5. The number of amides is 4. The average Bonchev–Trinajstić information content (AvgIpc) is 2.89. The Hall–Kier alpha value is -3.68. The molecule has 0 N–H and O–H groups in total. The molecular formula is C22H24N4O4. The fourth-order valence-electron chi connectivity index (χ4n) is 3.33. The normalized spacial score (nSPS) is 16.4. The van der Waals surface area contributed by atoms with Gasteiger partial charge in [0.25, 0.3) is 0 Å². The SMILES string of the molecule is CN1C(=O)CC(=O)N(C)c2ccccc21.CN1C(=O)CC(=O)N(C)c2ccccc21. The lowest BCUT2D eigenvalue weighted by Gasteiger charge is -2.19. The van der Waals surface area contributed by atoms with Gasteiger partial charge in [0.15, 0.2) is 0 Å². The molecule has 0 aromatic heterocycles. The zero-order valence-electron chi connectivity index (χ0n) is 17.5. The lowest BCUT2D eigenvalue weighted by molar-refractivity contribution is -0.127. The van der Waals surface area contributed by atoms with Crippen molar-refractivity contribution in [2.75, 3.05) is 47.8 Å². The molecule has 4 rings (SSSR count). The minimum atomic E-state index is -0.170. The summed E-state index contributed by atoms with van der Waals surface area (Å²) in [5, 5.41) is 0. The second-order valence-corrected chi connectivity index (χ2v) is 7.14. The highest BCUT2D eigenvalue weighted by atomic mass is 16.2. The Balaban J connectivity index is 0.000000171. The third-order valence-corrected chi connectivity index (χ3v) is 5.31. The fraction of sp³-hybridized carbons (Fsp3) is 0.273. The zero-order chi connectivity index (χ0) is 22.0. The second-order valence-electron chi connectivity index (χ2n) is 7.14. The number of hydrogen-bond acceptors (Lipinski definition) is 4. The molecule has 0 saturated heterocycles. The molecule has 2 heterocycles. The van der Waals surface area contributed by atoms with Gasteiger partial charge in [-0.3, -0.25) is 19.2 Å². The predicted molar refractivity (Wildman–Crippen MR) is 116 cm³/mol. The van der Waals surface area contributed by atoms with E-state index in [2.05, 4.69) is 0 Å². The molecule has 0 saturated carbocycles. The molecule has 4 amide bonds. The quantitative estimate of drug-likeness (QED) is 0.625. The summed E-state index contributed by atoms with van der Waals surface area (Å²) >= 11 is 0. The van der Waals surface area contributed by atoms with Crippen molar-refractivity contribution in [3.8, 4) is 0 Å². The van der Waals surface area contributed by atoms with Crippen LogP contribution in [0.5, 0.6) is 0 Å². The minimum Gasteiger partial charge on any atom is -0.313 e. The molecule has 2 aliphatic rings. The minimum absolute atomic E-state index is 0.0678. The summed E-state index contributed by atoms with van der Waals surface area (Å²) in [6, 6.07) is 14.8. The van der Waals surface area contributed by atoms with Crippen molar-refractivity contribution in [1.29, 1.82) is 0 Å². The molecule has 8 heteroatoms. The Morgan fingerprint density at radius 1 is 0.467 bits per heavy atom. The van der Waals surface area contributed by atoms with E-state index in [0.717, 1.165) is 22.7 Å². The molecule has 0 aliphatic carbocycles. The van der Waals surface area contributed by atoms with Crippen LogP contribution in [0.2, 0.25) is 0 Å². The molecule has 8 nitrogen and oxygen atoms in total. The van der Waals surface area contributed by atoms with Gasteiger partial charge in [0.2, 0.25) is 23.6 Å². The fourth-order valence-corrected chi connectivity index (χ4v) is 3.33. The van der Waals surface area contributed by atoms with Crippen molar-refractivity contribution < 1.29 is 19.2 Å². The maximum atomic E-state index is 11.6. The molecule has 0 unspecified atom stereocenters. The van der Waals surface area contributed by atoms with Crippen LogP contribution in [0.1, 0.15) is 12.8 Å². The van der Waals surface area contributed by atoms with Gasteiger partial charge >= 0.3 is 0 Å². The van der Waals surface area contributed by atoms with Crippen LogP contribution in [0.4, 0.5) is 22.7 Å². The largest absolute Gasteiger partial charge is 0.313 e. The summed E-state index contributed by atoms with van der Waals surface area (Å²) < 4.78 is 0. The van der Waals surface area contributed by atoms with Gasteiger partial charge in [-0.2, -0.15) is 0 Å². The molecule has 2 aromatic carbocycles. The van der Waals surface area contributed by atoms with E-state index in [0.29, 0.717) is 0 Å². The first-order valence-electron chi connectivity index (χ1n) is 9.46. The lowest BCUT2D eigenvalue weighted by Crippen LogP contribution is -2.28. The maximum Gasteiger partial charge on any atom is 0.236 e. The van der Waals surface area contributed by atoms with Gasteiger partial charge in [-0.15, -0.1) is 0 Å². The number of carbonyl (C=O) groups is 4. The summed E-state index contributed by atoms with van der Waals surface area (Å²) in [6.45, 7) is 0. The molecule has 156 valence electrons. The van der Waals surface area contributed by atoms with Crippen LogP contribution in [0.25, 0.3) is 0 Å². The number of benzene rings is 2. The lowest BCUT2D eigenvalue weighted by atomic mass is 10.2. The van der Waals surface area contributed by atoms with Crippen molar-refractivity contribution >= 4 is 46.4 Å². The molecular weight excluding hydrogens is 384 g/mol. The molecule has 2 aliphatic heterocycles. The first-order valence-corrected chi connectivity index (χ1v) is 9.46. The Bertz CT molecular complexity index is 860. The number of anilines is 4. The van der Waals surface area contributed by atoms with Crippen molar-refractivity contribution in [2.24, 2.45) is 0 Å². The average molecular weight is 408 g/mol. The second kappa shape index (κ2) is 8.36. The number of para-hydroxylation sites is 4. The van der Waals surface area contributed by atoms with Crippen LogP contribution in [0.15, 0.2) is 48.5 Å². The van der Waals surface area contributed by atoms with Crippen molar-refractivity contribution in [3.63, 3.8) is 0 Å². The Kier molecular flexibility index (Phi) is 5.86. The van der Waals surface area contributed by atoms with Crippen LogP contribution in [0.3, 0.4) is 0 Å². The summed E-state index contributed by atoms with van der Waals surface area (Å²) in [6.07, 6.45) is -0.136. The third-order valence-electron chi connectivity index (χ3n) is 5.31. The molecule has 2 aromatic rings. The standard InChI is InChI=1S/2C11H12N2O2/c2*1-12-8-5-3-4-6-9(8)13(2)11(15)7-10(12)14/h2*3-6H,7H2,1-2H3. The van der Waals surface area contributed by atoms with Gasteiger partial charge < -0.3 is 19.6 Å². The van der Waals surface area contributed by atoms with E-state index in [1.807, 2.05) is 48.5 Å². The van der Waals surface area contributed by atoms with E-state index in [1.165, 1.54) is 19.6 Å². The highest BCUT2D eigenvalue weighted by Crippen LogP contribution is 2.31. The van der Waals surface area contributed by atoms with Crippen LogP contribution < -0.4 is 19.6 Å². The highest BCUT2D eigenvalue weighted by molar-refractivity contribution is 6.15. The van der Waals surface area contributed by atoms with Crippen molar-refractivity contribution in [1.82, 2.24) is 0 Å². The van der Waals surface area contributed by atoms with Gasteiger partial charge in [-0.05, 0) is 24.3 Å². The highest BCUT2D eigenvalue weighted by Gasteiger charge is 2.27. The number of nitrogens with zero attached hydrogens (tertiary/aromatic N) is 4. The van der Waals surface area contributed by atoms with Gasteiger partial charge in [-0.1, -0.05) is 24.3 Å². The Morgan fingerprint density at radius 2 is 0.667 bits per heavy atom. The van der Waals surface area contributed by atoms with Crippen LogP contribution in [-0.2, 0) is 19.2 Å². The molecule has 0 bridgehead atoms.